The van der Waals surface area contributed by atoms with Gasteiger partial charge in [-0.15, -0.1) is 0 Å². The van der Waals surface area contributed by atoms with Crippen molar-refractivity contribution in [2.24, 2.45) is 5.73 Å². The van der Waals surface area contributed by atoms with Gasteiger partial charge in [0.25, 0.3) is 0 Å². The van der Waals surface area contributed by atoms with Crippen molar-refractivity contribution in [3.63, 3.8) is 0 Å². The molecule has 0 aliphatic heterocycles. The van der Waals surface area contributed by atoms with Gasteiger partial charge >= 0.3 is 12.1 Å². The number of carboxylic acids is 1. The van der Waals surface area contributed by atoms with Crippen molar-refractivity contribution in [2.75, 3.05) is 0 Å². The van der Waals surface area contributed by atoms with E-state index in [1.807, 2.05) is 6.92 Å². The maximum atomic E-state index is 10.2. The lowest BCUT2D eigenvalue weighted by atomic mass is 10.2. The van der Waals surface area contributed by atoms with Crippen molar-refractivity contribution in [2.45, 2.75) is 39.2 Å². The first-order valence-electron chi connectivity index (χ1n) is 4.75. The summed E-state index contributed by atoms with van der Waals surface area (Å²) >= 11 is 0. The number of amides is 1. The van der Waals surface area contributed by atoms with Crippen LogP contribution in [0, 0.1) is 0 Å². The number of unbranched alkanes of at least 4 members (excludes halogenated alkanes) is 1. The second-order valence-corrected chi connectivity index (χ2v) is 2.93. The Labute approximate surface area is 89.9 Å². The highest BCUT2D eigenvalue weighted by atomic mass is 16.6. The average Bonchev–Trinajstić information content (AvgIpc) is 2.14. The normalized spacial score (nSPS) is 10.5. The molecule has 0 aliphatic rings. The summed E-state index contributed by atoms with van der Waals surface area (Å²) in [5.41, 5.74) is 4.80. The molecular formula is C10H19NO4. The van der Waals surface area contributed by atoms with Crippen molar-refractivity contribution >= 4 is 12.1 Å². The summed E-state index contributed by atoms with van der Waals surface area (Å²) in [7, 11) is 0. The Kier molecular flexibility index (Phi) is 11.2. The van der Waals surface area contributed by atoms with Crippen LogP contribution in [0.2, 0.25) is 0 Å². The Balaban J connectivity index is 0. The number of hydrogen-bond donors (Lipinski definition) is 2. The SMILES string of the molecule is C=CC(=O)O.CCCCC(C)OC(N)=O. The van der Waals surface area contributed by atoms with Crippen LogP contribution in [0.4, 0.5) is 4.79 Å². The molecule has 88 valence electrons. The van der Waals surface area contributed by atoms with Crippen molar-refractivity contribution in [1.82, 2.24) is 0 Å². The van der Waals surface area contributed by atoms with Crippen LogP contribution < -0.4 is 5.73 Å². The van der Waals surface area contributed by atoms with Crippen LogP contribution in [0.5, 0.6) is 0 Å². The van der Waals surface area contributed by atoms with Gasteiger partial charge in [-0.1, -0.05) is 26.3 Å². The maximum absolute atomic E-state index is 10.2. The van der Waals surface area contributed by atoms with E-state index in [2.05, 4.69) is 13.5 Å². The molecule has 0 fully saturated rings. The highest BCUT2D eigenvalue weighted by molar-refractivity contribution is 5.78. The van der Waals surface area contributed by atoms with E-state index in [1.165, 1.54) is 0 Å². The van der Waals surface area contributed by atoms with Gasteiger partial charge in [-0.05, 0) is 13.3 Å². The van der Waals surface area contributed by atoms with Gasteiger partial charge in [0.05, 0.1) is 0 Å². The minimum atomic E-state index is -0.981. The van der Waals surface area contributed by atoms with Crippen LogP contribution >= 0.6 is 0 Å². The van der Waals surface area contributed by atoms with Crippen molar-refractivity contribution in [3.05, 3.63) is 12.7 Å². The maximum Gasteiger partial charge on any atom is 0.404 e. The van der Waals surface area contributed by atoms with Crippen molar-refractivity contribution in [3.8, 4) is 0 Å². The molecule has 1 amide bonds. The molecule has 0 spiro atoms. The second kappa shape index (κ2) is 10.6. The predicted octanol–water partition coefficient (Wildman–Crippen LogP) is 1.92. The van der Waals surface area contributed by atoms with E-state index in [1.54, 1.807) is 0 Å². The van der Waals surface area contributed by atoms with E-state index in [4.69, 9.17) is 15.6 Å². The molecule has 0 aromatic carbocycles. The van der Waals surface area contributed by atoms with Crippen LogP contribution in [0.25, 0.3) is 0 Å². The molecule has 15 heavy (non-hydrogen) atoms. The standard InChI is InChI=1S/C7H15NO2.C3H4O2/c1-3-4-5-6(2)10-7(8)9;1-2-3(4)5/h6H,3-5H2,1-2H3,(H2,8,9);2H,1H2,(H,4,5). The third-order valence-corrected chi connectivity index (χ3v) is 1.46. The van der Waals surface area contributed by atoms with Gasteiger partial charge in [0, 0.05) is 6.08 Å². The zero-order valence-electron chi connectivity index (χ0n) is 9.23. The average molecular weight is 217 g/mol. The van der Waals surface area contributed by atoms with E-state index >= 15 is 0 Å². The third kappa shape index (κ3) is 19.1. The summed E-state index contributed by atoms with van der Waals surface area (Å²) in [6.07, 6.45) is 3.22. The molecule has 0 aromatic heterocycles. The summed E-state index contributed by atoms with van der Waals surface area (Å²) in [5.74, 6) is -0.981. The Morgan fingerprint density at radius 3 is 2.33 bits per heavy atom. The van der Waals surface area contributed by atoms with Gasteiger partial charge in [-0.2, -0.15) is 0 Å². The number of nitrogens with two attached hydrogens (primary N) is 1. The van der Waals surface area contributed by atoms with Gasteiger partial charge in [0.15, 0.2) is 0 Å². The van der Waals surface area contributed by atoms with Gasteiger partial charge in [0.2, 0.25) is 0 Å². The molecule has 1 unspecified atom stereocenters. The zero-order chi connectivity index (χ0) is 12.3. The van der Waals surface area contributed by atoms with Crippen LogP contribution in [0.15, 0.2) is 12.7 Å². The van der Waals surface area contributed by atoms with E-state index in [0.717, 1.165) is 25.3 Å². The number of carboxylic acid groups (broad SMARTS) is 1. The highest BCUT2D eigenvalue weighted by Crippen LogP contribution is 2.02. The molecule has 0 bridgehead atoms. The highest BCUT2D eigenvalue weighted by Gasteiger charge is 2.03. The molecule has 0 aliphatic carbocycles. The Morgan fingerprint density at radius 2 is 2.07 bits per heavy atom. The molecule has 0 saturated carbocycles. The molecule has 5 nitrogen and oxygen atoms in total. The molecule has 0 rings (SSSR count). The minimum absolute atomic E-state index is 0.0301. The summed E-state index contributed by atoms with van der Waals surface area (Å²) in [6, 6.07) is 0. The topological polar surface area (TPSA) is 89.6 Å². The lowest BCUT2D eigenvalue weighted by Crippen LogP contribution is -2.20. The zero-order valence-corrected chi connectivity index (χ0v) is 9.23. The summed E-state index contributed by atoms with van der Waals surface area (Å²) in [4.78, 5) is 19.4. The molecular weight excluding hydrogens is 198 g/mol. The summed E-state index contributed by atoms with van der Waals surface area (Å²) in [6.45, 7) is 6.90. The monoisotopic (exact) mass is 217 g/mol. The van der Waals surface area contributed by atoms with Gasteiger partial charge in [-0.25, -0.2) is 9.59 Å². The van der Waals surface area contributed by atoms with E-state index in [9.17, 15) is 9.59 Å². The van der Waals surface area contributed by atoms with E-state index in [0.29, 0.717) is 0 Å². The van der Waals surface area contributed by atoms with Crippen LogP contribution in [0.1, 0.15) is 33.1 Å². The number of aliphatic carboxylic acids is 1. The summed E-state index contributed by atoms with van der Waals surface area (Å²) < 4.78 is 4.69. The molecule has 0 radical (unpaired) electrons. The quantitative estimate of drug-likeness (QED) is 0.688. The molecule has 5 heteroatoms. The lowest BCUT2D eigenvalue weighted by Gasteiger charge is -2.09. The molecule has 3 N–H and O–H groups in total. The molecule has 1 atom stereocenters. The van der Waals surface area contributed by atoms with Gasteiger partial charge in [-0.3, -0.25) is 0 Å². The lowest BCUT2D eigenvalue weighted by molar-refractivity contribution is -0.131. The van der Waals surface area contributed by atoms with Crippen LogP contribution in [-0.4, -0.2) is 23.3 Å². The fourth-order valence-electron chi connectivity index (χ4n) is 0.749. The molecule has 0 aromatic rings. The first kappa shape index (κ1) is 15.9. The van der Waals surface area contributed by atoms with Crippen molar-refractivity contribution in [1.29, 1.82) is 0 Å². The Hall–Kier alpha value is -1.52. The predicted molar refractivity (Wildman–Crippen MR) is 57.5 cm³/mol. The van der Waals surface area contributed by atoms with Crippen LogP contribution in [-0.2, 0) is 9.53 Å². The fraction of sp³-hybridized carbons (Fsp3) is 0.600. The first-order valence-corrected chi connectivity index (χ1v) is 4.75. The van der Waals surface area contributed by atoms with Gasteiger partial charge < -0.3 is 15.6 Å². The van der Waals surface area contributed by atoms with Gasteiger partial charge in [0.1, 0.15) is 6.10 Å². The van der Waals surface area contributed by atoms with E-state index in [-0.39, 0.29) is 6.10 Å². The van der Waals surface area contributed by atoms with E-state index < -0.39 is 12.1 Å². The number of rotatable bonds is 5. The second-order valence-electron chi connectivity index (χ2n) is 2.93. The third-order valence-electron chi connectivity index (χ3n) is 1.46. The Morgan fingerprint density at radius 1 is 1.60 bits per heavy atom. The number of carbonyl (C=O) groups excluding carboxylic acids is 1. The largest absolute Gasteiger partial charge is 0.478 e. The number of hydrogen-bond acceptors (Lipinski definition) is 3. The smallest absolute Gasteiger partial charge is 0.404 e. The van der Waals surface area contributed by atoms with Crippen molar-refractivity contribution < 1.29 is 19.4 Å². The number of ether oxygens (including phenoxy) is 1. The Bertz CT molecular complexity index is 204. The number of primary amides is 1. The van der Waals surface area contributed by atoms with Crippen LogP contribution in [0.3, 0.4) is 0 Å². The molecule has 0 saturated heterocycles. The number of carbonyl (C=O) groups is 2. The molecule has 0 heterocycles. The first-order chi connectivity index (χ1) is 6.93. The summed E-state index contributed by atoms with van der Waals surface area (Å²) in [5, 5.41) is 7.60. The fourth-order valence-corrected chi connectivity index (χ4v) is 0.749. The minimum Gasteiger partial charge on any atom is -0.478 e.